The van der Waals surface area contributed by atoms with Gasteiger partial charge in [-0.25, -0.2) is 0 Å². The van der Waals surface area contributed by atoms with Crippen LogP contribution in [0, 0.1) is 11.8 Å². The molecule has 1 aliphatic heterocycles. The Kier molecular flexibility index (Phi) is 3.68. The summed E-state index contributed by atoms with van der Waals surface area (Å²) >= 11 is 0. The molecule has 3 atom stereocenters. The van der Waals surface area contributed by atoms with Crippen LogP contribution >= 0.6 is 0 Å². The van der Waals surface area contributed by atoms with Gasteiger partial charge < -0.3 is 10.5 Å². The van der Waals surface area contributed by atoms with Gasteiger partial charge in [-0.15, -0.1) is 0 Å². The fourth-order valence-electron chi connectivity index (χ4n) is 1.96. The molecule has 0 aromatic rings. The highest BCUT2D eigenvalue weighted by Crippen LogP contribution is 2.25. The molecule has 5 heteroatoms. The first-order valence-corrected chi connectivity index (χ1v) is 5.08. The predicted octanol–water partition coefficient (Wildman–Crippen LogP) is -0.399. The normalized spacial score (nSPS) is 28.7. The SMILES string of the molecule is COC(=O)C1CN(C(C)C(N)=O)CC1C. The van der Waals surface area contributed by atoms with Gasteiger partial charge >= 0.3 is 5.97 Å². The van der Waals surface area contributed by atoms with E-state index >= 15 is 0 Å². The van der Waals surface area contributed by atoms with Crippen LogP contribution in [0.25, 0.3) is 0 Å². The lowest BCUT2D eigenvalue weighted by molar-refractivity contribution is -0.146. The molecule has 0 aromatic carbocycles. The molecular formula is C10H18N2O3. The summed E-state index contributed by atoms with van der Waals surface area (Å²) in [6.45, 7) is 5.01. The van der Waals surface area contributed by atoms with Crippen LogP contribution in [-0.4, -0.2) is 43.0 Å². The molecule has 86 valence electrons. The lowest BCUT2D eigenvalue weighted by Gasteiger charge is -2.20. The zero-order valence-electron chi connectivity index (χ0n) is 9.40. The number of carbonyl (C=O) groups is 2. The second-order valence-corrected chi connectivity index (χ2v) is 4.14. The third-order valence-corrected chi connectivity index (χ3v) is 3.10. The Bertz CT molecular complexity index is 267. The zero-order chi connectivity index (χ0) is 11.6. The zero-order valence-corrected chi connectivity index (χ0v) is 9.40. The van der Waals surface area contributed by atoms with Crippen molar-refractivity contribution in [3.05, 3.63) is 0 Å². The van der Waals surface area contributed by atoms with E-state index in [1.165, 1.54) is 7.11 Å². The van der Waals surface area contributed by atoms with Crippen molar-refractivity contribution in [1.29, 1.82) is 0 Å². The van der Waals surface area contributed by atoms with Gasteiger partial charge in [-0.05, 0) is 12.8 Å². The third kappa shape index (κ3) is 2.47. The number of nitrogens with zero attached hydrogens (tertiary/aromatic N) is 1. The van der Waals surface area contributed by atoms with Crippen LogP contribution in [0.5, 0.6) is 0 Å². The van der Waals surface area contributed by atoms with Gasteiger partial charge in [0.1, 0.15) is 0 Å². The van der Waals surface area contributed by atoms with Gasteiger partial charge in [0.15, 0.2) is 0 Å². The van der Waals surface area contributed by atoms with Crippen molar-refractivity contribution < 1.29 is 14.3 Å². The molecule has 1 heterocycles. The average molecular weight is 214 g/mol. The lowest BCUT2D eigenvalue weighted by Crippen LogP contribution is -2.41. The van der Waals surface area contributed by atoms with E-state index in [0.29, 0.717) is 13.1 Å². The van der Waals surface area contributed by atoms with Crippen molar-refractivity contribution in [3.63, 3.8) is 0 Å². The van der Waals surface area contributed by atoms with E-state index in [1.807, 2.05) is 11.8 Å². The number of methoxy groups -OCH3 is 1. The summed E-state index contributed by atoms with van der Waals surface area (Å²) in [6, 6.07) is -0.317. The van der Waals surface area contributed by atoms with Crippen molar-refractivity contribution in [2.45, 2.75) is 19.9 Å². The monoisotopic (exact) mass is 214 g/mol. The van der Waals surface area contributed by atoms with Crippen LogP contribution in [0.1, 0.15) is 13.8 Å². The summed E-state index contributed by atoms with van der Waals surface area (Å²) in [6.07, 6.45) is 0. The van der Waals surface area contributed by atoms with E-state index in [4.69, 9.17) is 10.5 Å². The Morgan fingerprint density at radius 2 is 2.07 bits per heavy atom. The van der Waals surface area contributed by atoms with E-state index < -0.39 is 0 Å². The molecule has 0 bridgehead atoms. The van der Waals surface area contributed by atoms with E-state index in [2.05, 4.69) is 0 Å². The highest BCUT2D eigenvalue weighted by molar-refractivity contribution is 5.80. The molecule has 3 unspecified atom stereocenters. The summed E-state index contributed by atoms with van der Waals surface area (Å²) in [5.74, 6) is -0.495. The second kappa shape index (κ2) is 4.61. The first-order chi connectivity index (χ1) is 6.97. The first-order valence-electron chi connectivity index (χ1n) is 5.08. The van der Waals surface area contributed by atoms with Crippen LogP contribution in [0.15, 0.2) is 0 Å². The van der Waals surface area contributed by atoms with Crippen molar-refractivity contribution in [1.82, 2.24) is 4.90 Å². The molecule has 0 spiro atoms. The smallest absolute Gasteiger partial charge is 0.310 e. The maximum Gasteiger partial charge on any atom is 0.310 e. The number of likely N-dealkylation sites (tertiary alicyclic amines) is 1. The number of rotatable bonds is 3. The number of esters is 1. The van der Waals surface area contributed by atoms with Crippen LogP contribution < -0.4 is 5.73 Å². The fraction of sp³-hybridized carbons (Fsp3) is 0.800. The number of carbonyl (C=O) groups excluding carboxylic acids is 2. The van der Waals surface area contributed by atoms with E-state index in [-0.39, 0.29) is 29.8 Å². The van der Waals surface area contributed by atoms with Gasteiger partial charge in [-0.1, -0.05) is 6.92 Å². The van der Waals surface area contributed by atoms with Crippen LogP contribution in [0.2, 0.25) is 0 Å². The molecule has 1 amide bonds. The minimum absolute atomic E-state index is 0.142. The molecule has 0 aliphatic carbocycles. The summed E-state index contributed by atoms with van der Waals surface area (Å²) in [7, 11) is 1.38. The molecule has 1 fully saturated rings. The molecule has 0 aromatic heterocycles. The summed E-state index contributed by atoms with van der Waals surface area (Å²) in [5, 5.41) is 0. The topological polar surface area (TPSA) is 72.6 Å². The standard InChI is InChI=1S/C10H18N2O3/c1-6-4-12(7(2)9(11)13)5-8(6)10(14)15-3/h6-8H,4-5H2,1-3H3,(H2,11,13). The molecule has 5 nitrogen and oxygen atoms in total. The maximum atomic E-state index is 11.4. The molecule has 1 rings (SSSR count). The van der Waals surface area contributed by atoms with Gasteiger partial charge in [0.25, 0.3) is 0 Å². The fourth-order valence-corrected chi connectivity index (χ4v) is 1.96. The Labute approximate surface area is 89.6 Å². The number of hydrogen-bond acceptors (Lipinski definition) is 4. The van der Waals surface area contributed by atoms with Gasteiger partial charge in [0.2, 0.25) is 5.91 Å². The molecule has 0 radical (unpaired) electrons. The number of primary amides is 1. The lowest BCUT2D eigenvalue weighted by atomic mass is 9.99. The molecule has 1 aliphatic rings. The highest BCUT2D eigenvalue weighted by Gasteiger charge is 2.38. The molecular weight excluding hydrogens is 196 g/mol. The summed E-state index contributed by atoms with van der Waals surface area (Å²) in [4.78, 5) is 24.3. The minimum Gasteiger partial charge on any atom is -0.469 e. The van der Waals surface area contributed by atoms with Gasteiger partial charge in [0, 0.05) is 13.1 Å². The van der Waals surface area contributed by atoms with Crippen molar-refractivity contribution >= 4 is 11.9 Å². The van der Waals surface area contributed by atoms with Crippen LogP contribution in [-0.2, 0) is 14.3 Å². The Morgan fingerprint density at radius 3 is 2.53 bits per heavy atom. The van der Waals surface area contributed by atoms with E-state index in [1.54, 1.807) is 6.92 Å². The van der Waals surface area contributed by atoms with Gasteiger partial charge in [0.05, 0.1) is 19.1 Å². The van der Waals surface area contributed by atoms with Crippen molar-refractivity contribution in [2.75, 3.05) is 20.2 Å². The van der Waals surface area contributed by atoms with Crippen molar-refractivity contribution in [3.8, 4) is 0 Å². The molecule has 0 saturated carbocycles. The first kappa shape index (κ1) is 12.0. The third-order valence-electron chi connectivity index (χ3n) is 3.10. The van der Waals surface area contributed by atoms with E-state index in [0.717, 1.165) is 0 Å². The van der Waals surface area contributed by atoms with E-state index in [9.17, 15) is 9.59 Å². The molecule has 15 heavy (non-hydrogen) atoms. The average Bonchev–Trinajstić information content (AvgIpc) is 2.57. The number of ether oxygens (including phenoxy) is 1. The molecule has 1 saturated heterocycles. The minimum atomic E-state index is -0.354. The number of nitrogens with two attached hydrogens (primary N) is 1. The molecule has 2 N–H and O–H groups in total. The second-order valence-electron chi connectivity index (χ2n) is 4.14. The Hall–Kier alpha value is -1.10. The van der Waals surface area contributed by atoms with Crippen molar-refractivity contribution in [2.24, 2.45) is 17.6 Å². The number of amides is 1. The largest absolute Gasteiger partial charge is 0.469 e. The van der Waals surface area contributed by atoms with Crippen LogP contribution in [0.4, 0.5) is 0 Å². The van der Waals surface area contributed by atoms with Gasteiger partial charge in [-0.2, -0.15) is 0 Å². The number of hydrogen-bond donors (Lipinski definition) is 1. The predicted molar refractivity (Wildman–Crippen MR) is 54.9 cm³/mol. The Morgan fingerprint density at radius 1 is 1.47 bits per heavy atom. The quantitative estimate of drug-likeness (QED) is 0.649. The van der Waals surface area contributed by atoms with Gasteiger partial charge in [-0.3, -0.25) is 14.5 Å². The summed E-state index contributed by atoms with van der Waals surface area (Å²) < 4.78 is 4.71. The summed E-state index contributed by atoms with van der Waals surface area (Å²) in [5.41, 5.74) is 5.22. The maximum absolute atomic E-state index is 11.4. The Balaban J connectivity index is 2.63. The highest BCUT2D eigenvalue weighted by atomic mass is 16.5. The van der Waals surface area contributed by atoms with Crippen LogP contribution in [0.3, 0.4) is 0 Å².